The molecule has 91 valence electrons. The van der Waals surface area contributed by atoms with Crippen molar-refractivity contribution in [2.24, 2.45) is 5.92 Å². The number of unbranched alkanes of at least 4 members (excludes halogenated alkanes) is 1. The Morgan fingerprint density at radius 3 is 2.71 bits per heavy atom. The molecule has 1 radical (unpaired) electrons. The Kier molecular flexibility index (Phi) is 4.42. The molecule has 1 aromatic rings. The lowest BCUT2D eigenvalue weighted by Gasteiger charge is -2.16. The fourth-order valence-electron chi connectivity index (χ4n) is 2.65. The average Bonchev–Trinajstić information content (AvgIpc) is 2.78. The SMILES string of the molecule is CCCCC(CC)CC1=C[CH]c2ccccc21. The van der Waals surface area contributed by atoms with Crippen molar-refractivity contribution in [2.75, 3.05) is 0 Å². The number of rotatable bonds is 6. The van der Waals surface area contributed by atoms with Gasteiger partial charge in [0, 0.05) is 6.42 Å². The van der Waals surface area contributed by atoms with Crippen molar-refractivity contribution in [1.29, 1.82) is 0 Å². The molecule has 1 aliphatic rings. The minimum atomic E-state index is 0.862. The van der Waals surface area contributed by atoms with E-state index in [1.54, 1.807) is 5.57 Å². The van der Waals surface area contributed by atoms with Gasteiger partial charge < -0.3 is 0 Å². The molecule has 0 nitrogen and oxygen atoms in total. The highest BCUT2D eigenvalue weighted by atomic mass is 14.2. The lowest BCUT2D eigenvalue weighted by atomic mass is 9.90. The summed E-state index contributed by atoms with van der Waals surface area (Å²) in [6, 6.07) is 8.75. The van der Waals surface area contributed by atoms with Crippen LogP contribution < -0.4 is 0 Å². The van der Waals surface area contributed by atoms with E-state index in [4.69, 9.17) is 0 Å². The zero-order valence-electron chi connectivity index (χ0n) is 11.1. The van der Waals surface area contributed by atoms with Gasteiger partial charge in [0.25, 0.3) is 0 Å². The van der Waals surface area contributed by atoms with Crippen molar-refractivity contribution >= 4 is 5.57 Å². The zero-order valence-corrected chi connectivity index (χ0v) is 11.1. The second kappa shape index (κ2) is 6.05. The summed E-state index contributed by atoms with van der Waals surface area (Å²) < 4.78 is 0. The van der Waals surface area contributed by atoms with E-state index in [0.29, 0.717) is 0 Å². The fraction of sp³-hybridized carbons (Fsp3) is 0.471. The number of benzene rings is 1. The summed E-state index contributed by atoms with van der Waals surface area (Å²) >= 11 is 0. The van der Waals surface area contributed by atoms with Gasteiger partial charge in [-0.1, -0.05) is 69.9 Å². The van der Waals surface area contributed by atoms with E-state index >= 15 is 0 Å². The van der Waals surface area contributed by atoms with Crippen molar-refractivity contribution < 1.29 is 0 Å². The predicted molar refractivity (Wildman–Crippen MR) is 75.7 cm³/mol. The minimum Gasteiger partial charge on any atom is -0.0722 e. The maximum Gasteiger partial charge on any atom is 0.0134 e. The molecule has 17 heavy (non-hydrogen) atoms. The molecule has 0 saturated carbocycles. The monoisotopic (exact) mass is 227 g/mol. The summed E-state index contributed by atoms with van der Waals surface area (Å²) in [6.45, 7) is 4.61. The number of hydrogen-bond donors (Lipinski definition) is 0. The number of allylic oxidation sites excluding steroid dienone is 2. The Hall–Kier alpha value is -1.04. The predicted octanol–water partition coefficient (Wildman–Crippen LogP) is 5.24. The van der Waals surface area contributed by atoms with Crippen molar-refractivity contribution in [3.63, 3.8) is 0 Å². The molecule has 0 aromatic heterocycles. The third-order valence-corrected chi connectivity index (χ3v) is 3.82. The quantitative estimate of drug-likeness (QED) is 0.623. The summed E-state index contributed by atoms with van der Waals surface area (Å²) in [5.41, 5.74) is 4.40. The third-order valence-electron chi connectivity index (χ3n) is 3.82. The van der Waals surface area contributed by atoms with Gasteiger partial charge in [-0.3, -0.25) is 0 Å². The van der Waals surface area contributed by atoms with Crippen LogP contribution in [0.15, 0.2) is 30.3 Å². The van der Waals surface area contributed by atoms with Crippen LogP contribution >= 0.6 is 0 Å². The molecule has 0 aliphatic heterocycles. The summed E-state index contributed by atoms with van der Waals surface area (Å²) in [5, 5.41) is 0. The van der Waals surface area contributed by atoms with Gasteiger partial charge >= 0.3 is 0 Å². The molecule has 0 fully saturated rings. The van der Waals surface area contributed by atoms with Crippen LogP contribution in [0.25, 0.3) is 5.57 Å². The first-order chi connectivity index (χ1) is 8.35. The van der Waals surface area contributed by atoms with E-state index in [1.807, 2.05) is 0 Å². The van der Waals surface area contributed by atoms with E-state index in [-0.39, 0.29) is 0 Å². The highest BCUT2D eigenvalue weighted by molar-refractivity contribution is 5.76. The van der Waals surface area contributed by atoms with Gasteiger partial charge in [-0.15, -0.1) is 0 Å². The number of hydrogen-bond acceptors (Lipinski definition) is 0. The zero-order chi connectivity index (χ0) is 12.1. The van der Waals surface area contributed by atoms with Crippen molar-refractivity contribution in [3.8, 4) is 0 Å². The largest absolute Gasteiger partial charge is 0.0722 e. The second-order valence-electron chi connectivity index (χ2n) is 5.07. The van der Waals surface area contributed by atoms with Crippen LogP contribution in [-0.2, 0) is 0 Å². The first kappa shape index (κ1) is 12.4. The lowest BCUT2D eigenvalue weighted by molar-refractivity contribution is 0.461. The van der Waals surface area contributed by atoms with Crippen LogP contribution in [0.1, 0.15) is 57.1 Å². The van der Waals surface area contributed by atoms with Crippen LogP contribution in [0.5, 0.6) is 0 Å². The van der Waals surface area contributed by atoms with Gasteiger partial charge in [-0.05, 0) is 29.0 Å². The van der Waals surface area contributed by atoms with Gasteiger partial charge in [0.05, 0.1) is 0 Å². The molecule has 0 bridgehead atoms. The number of fused-ring (bicyclic) bond motifs is 1. The molecule has 1 aromatic carbocycles. The van der Waals surface area contributed by atoms with Crippen molar-refractivity contribution in [3.05, 3.63) is 47.9 Å². The van der Waals surface area contributed by atoms with E-state index < -0.39 is 0 Å². The molecular weight excluding hydrogens is 204 g/mol. The Labute approximate surface area is 106 Å². The van der Waals surface area contributed by atoms with E-state index in [1.165, 1.54) is 43.2 Å². The molecule has 1 aliphatic carbocycles. The Balaban J connectivity index is 2.00. The summed E-state index contributed by atoms with van der Waals surface area (Å²) in [5.74, 6) is 0.862. The fourth-order valence-corrected chi connectivity index (χ4v) is 2.65. The summed E-state index contributed by atoms with van der Waals surface area (Å²) in [4.78, 5) is 0. The average molecular weight is 227 g/mol. The van der Waals surface area contributed by atoms with Crippen molar-refractivity contribution in [2.45, 2.75) is 46.0 Å². The Morgan fingerprint density at radius 1 is 1.12 bits per heavy atom. The molecule has 2 rings (SSSR count). The van der Waals surface area contributed by atoms with Gasteiger partial charge in [-0.25, -0.2) is 0 Å². The third kappa shape index (κ3) is 3.00. The van der Waals surface area contributed by atoms with Gasteiger partial charge in [-0.2, -0.15) is 0 Å². The van der Waals surface area contributed by atoms with Gasteiger partial charge in [0.15, 0.2) is 0 Å². The summed E-state index contributed by atoms with van der Waals surface area (Å²) in [7, 11) is 0. The Bertz CT molecular complexity index is 387. The summed E-state index contributed by atoms with van der Waals surface area (Å²) in [6.07, 6.45) is 11.2. The van der Waals surface area contributed by atoms with Crippen LogP contribution in [0, 0.1) is 12.3 Å². The first-order valence-electron chi connectivity index (χ1n) is 6.98. The minimum absolute atomic E-state index is 0.862. The molecular formula is C17H23. The second-order valence-corrected chi connectivity index (χ2v) is 5.07. The van der Waals surface area contributed by atoms with Crippen molar-refractivity contribution in [1.82, 2.24) is 0 Å². The highest BCUT2D eigenvalue weighted by Crippen LogP contribution is 2.34. The molecule has 1 unspecified atom stereocenters. The molecule has 0 amide bonds. The highest BCUT2D eigenvalue weighted by Gasteiger charge is 2.16. The van der Waals surface area contributed by atoms with E-state index in [2.05, 4.69) is 50.6 Å². The van der Waals surface area contributed by atoms with E-state index in [0.717, 1.165) is 5.92 Å². The van der Waals surface area contributed by atoms with Crippen LogP contribution in [0.3, 0.4) is 0 Å². The molecule has 0 heterocycles. The standard InChI is InChI=1S/C17H23/c1-3-5-8-14(4-2)13-16-12-11-15-9-6-7-10-17(15)16/h6-7,9-12,14H,3-5,8,13H2,1-2H3. The van der Waals surface area contributed by atoms with Gasteiger partial charge in [0.1, 0.15) is 0 Å². The lowest BCUT2D eigenvalue weighted by Crippen LogP contribution is -2.00. The van der Waals surface area contributed by atoms with Gasteiger partial charge in [0.2, 0.25) is 0 Å². The normalized spacial score (nSPS) is 15.5. The Morgan fingerprint density at radius 2 is 1.94 bits per heavy atom. The molecule has 0 spiro atoms. The maximum atomic E-state index is 2.32. The topological polar surface area (TPSA) is 0 Å². The van der Waals surface area contributed by atoms with Crippen LogP contribution in [-0.4, -0.2) is 0 Å². The molecule has 0 heteroatoms. The smallest absolute Gasteiger partial charge is 0.0134 e. The maximum absolute atomic E-state index is 2.32. The van der Waals surface area contributed by atoms with E-state index in [9.17, 15) is 0 Å². The molecule has 0 saturated heterocycles. The van der Waals surface area contributed by atoms with Crippen LogP contribution in [0.2, 0.25) is 0 Å². The molecule has 0 N–H and O–H groups in total. The first-order valence-corrected chi connectivity index (χ1v) is 6.98. The van der Waals surface area contributed by atoms with Crippen LogP contribution in [0.4, 0.5) is 0 Å². The molecule has 1 atom stereocenters.